The summed E-state index contributed by atoms with van der Waals surface area (Å²) in [4.78, 5) is 13.1. The van der Waals surface area contributed by atoms with Crippen LogP contribution in [0.25, 0.3) is 0 Å². The zero-order chi connectivity index (χ0) is 12.6. The molecular weight excluding hydrogens is 222 g/mol. The summed E-state index contributed by atoms with van der Waals surface area (Å²) >= 11 is 5.92. The summed E-state index contributed by atoms with van der Waals surface area (Å²) in [6, 6.07) is 0. The first-order valence-electron chi connectivity index (χ1n) is 5.44. The van der Waals surface area contributed by atoms with Gasteiger partial charge >= 0.3 is 0 Å². The summed E-state index contributed by atoms with van der Waals surface area (Å²) in [6.07, 6.45) is 7.57. The molecule has 0 spiro atoms. The van der Waals surface area contributed by atoms with Crippen molar-refractivity contribution in [3.05, 3.63) is 34.5 Å². The largest absolute Gasteiger partial charge is 0.374 e. The number of hydrogen-bond donors (Lipinski definition) is 0. The fraction of sp³-hybridized carbons (Fsp3) is 0.462. The molecule has 0 aromatic rings. The van der Waals surface area contributed by atoms with Gasteiger partial charge in [0.1, 0.15) is 0 Å². The summed E-state index contributed by atoms with van der Waals surface area (Å²) < 4.78 is 0. The van der Waals surface area contributed by atoms with E-state index in [1.54, 1.807) is 6.92 Å². The third-order valence-corrected chi connectivity index (χ3v) is 2.39. The second kappa shape index (κ2) is 8.17. The van der Waals surface area contributed by atoms with Gasteiger partial charge in [0.15, 0.2) is 6.29 Å². The molecule has 0 amide bonds. The smallest absolute Gasteiger partial charge is 0.153 e. The quantitative estimate of drug-likeness (QED) is 0.403. The van der Waals surface area contributed by atoms with Crippen LogP contribution in [0.2, 0.25) is 0 Å². The van der Waals surface area contributed by atoms with Gasteiger partial charge in [-0.3, -0.25) is 4.79 Å². The molecule has 0 aliphatic rings. The summed E-state index contributed by atoms with van der Waals surface area (Å²) in [5, 5.41) is 0.522. The normalized spacial score (nSPS) is 13.9. The summed E-state index contributed by atoms with van der Waals surface area (Å²) in [5.74, 6) is 0. The number of rotatable bonds is 6. The minimum atomic E-state index is 0.522. The molecule has 0 bridgehead atoms. The first-order chi connectivity index (χ1) is 7.58. The van der Waals surface area contributed by atoms with E-state index in [0.717, 1.165) is 24.9 Å². The van der Waals surface area contributed by atoms with E-state index >= 15 is 0 Å². The lowest BCUT2D eigenvalue weighted by molar-refractivity contribution is -0.104. The molecule has 0 saturated carbocycles. The molecule has 0 N–H and O–H groups in total. The lowest BCUT2D eigenvalue weighted by atomic mass is 10.1. The Hall–Kier alpha value is -1.02. The minimum Gasteiger partial charge on any atom is -0.374 e. The maximum atomic E-state index is 11.0. The van der Waals surface area contributed by atoms with Crippen LogP contribution in [0.15, 0.2) is 34.5 Å². The van der Waals surface area contributed by atoms with Crippen molar-refractivity contribution < 1.29 is 4.79 Å². The Balaban J connectivity index is 5.24. The van der Waals surface area contributed by atoms with Crippen LogP contribution in [0.3, 0.4) is 0 Å². The van der Waals surface area contributed by atoms with Gasteiger partial charge in [-0.15, -0.1) is 0 Å². The van der Waals surface area contributed by atoms with Gasteiger partial charge < -0.3 is 4.90 Å². The average molecular weight is 242 g/mol. The van der Waals surface area contributed by atoms with Crippen LogP contribution in [-0.4, -0.2) is 24.8 Å². The van der Waals surface area contributed by atoms with Gasteiger partial charge in [0.05, 0.1) is 5.57 Å². The number of aldehydes is 1. The molecular formula is C13H20ClNO. The summed E-state index contributed by atoms with van der Waals surface area (Å²) in [7, 11) is 1.96. The fourth-order valence-corrected chi connectivity index (χ4v) is 1.53. The standard InChI is InChI=1S/C13H20ClNO/c1-5-7-8-13(15(4)9-6-2)12(10-16)11(3)14/h5,7-8,10H,6,9H2,1-4H3/b7-5-,12-11+,13-8+. The number of carbonyl (C=O) groups is 1. The first kappa shape index (κ1) is 15.0. The molecule has 0 unspecified atom stereocenters. The van der Waals surface area contributed by atoms with Crippen molar-refractivity contribution in [3.8, 4) is 0 Å². The molecule has 0 aliphatic heterocycles. The van der Waals surface area contributed by atoms with E-state index in [0.29, 0.717) is 10.6 Å². The zero-order valence-corrected chi connectivity index (χ0v) is 11.2. The highest BCUT2D eigenvalue weighted by Gasteiger charge is 2.10. The predicted molar refractivity (Wildman–Crippen MR) is 70.4 cm³/mol. The summed E-state index contributed by atoms with van der Waals surface area (Å²) in [6.45, 7) is 6.66. The monoisotopic (exact) mass is 241 g/mol. The van der Waals surface area contributed by atoms with Crippen molar-refractivity contribution in [3.63, 3.8) is 0 Å². The van der Waals surface area contributed by atoms with Crippen LogP contribution >= 0.6 is 11.6 Å². The first-order valence-corrected chi connectivity index (χ1v) is 5.82. The maximum Gasteiger partial charge on any atom is 0.153 e. The Kier molecular flexibility index (Phi) is 7.65. The van der Waals surface area contributed by atoms with E-state index in [2.05, 4.69) is 6.92 Å². The van der Waals surface area contributed by atoms with E-state index in [9.17, 15) is 4.79 Å². The summed E-state index contributed by atoms with van der Waals surface area (Å²) in [5.41, 5.74) is 1.41. The van der Waals surface area contributed by atoms with E-state index < -0.39 is 0 Å². The Labute approximate surface area is 103 Å². The Morgan fingerprint density at radius 3 is 2.44 bits per heavy atom. The minimum absolute atomic E-state index is 0.522. The molecule has 0 aromatic carbocycles. The van der Waals surface area contributed by atoms with Crippen molar-refractivity contribution in [2.75, 3.05) is 13.6 Å². The van der Waals surface area contributed by atoms with Crippen LogP contribution in [0.4, 0.5) is 0 Å². The lowest BCUT2D eigenvalue weighted by Crippen LogP contribution is -2.20. The molecule has 90 valence electrons. The molecule has 3 heteroatoms. The maximum absolute atomic E-state index is 11.0. The second-order valence-corrected chi connectivity index (χ2v) is 4.13. The van der Waals surface area contributed by atoms with Crippen molar-refractivity contribution in [1.29, 1.82) is 0 Å². The molecule has 0 rings (SSSR count). The van der Waals surface area contributed by atoms with Crippen LogP contribution in [0, 0.1) is 0 Å². The number of nitrogens with zero attached hydrogens (tertiary/aromatic N) is 1. The average Bonchev–Trinajstić information content (AvgIpc) is 2.23. The highest BCUT2D eigenvalue weighted by Crippen LogP contribution is 2.19. The molecule has 0 atom stereocenters. The number of carbonyl (C=O) groups excluding carboxylic acids is 1. The van der Waals surface area contributed by atoms with Crippen LogP contribution in [0.5, 0.6) is 0 Å². The van der Waals surface area contributed by atoms with E-state index in [-0.39, 0.29) is 0 Å². The number of likely N-dealkylation sites (N-methyl/N-ethyl adjacent to an activating group) is 1. The fourth-order valence-electron chi connectivity index (χ4n) is 1.38. The third-order valence-electron chi connectivity index (χ3n) is 2.18. The predicted octanol–water partition coefficient (Wildman–Crippen LogP) is 3.50. The molecule has 0 aromatic heterocycles. The lowest BCUT2D eigenvalue weighted by Gasteiger charge is -2.22. The van der Waals surface area contributed by atoms with Crippen LogP contribution < -0.4 is 0 Å². The molecule has 0 fully saturated rings. The van der Waals surface area contributed by atoms with Gasteiger partial charge in [-0.1, -0.05) is 30.7 Å². The SMILES string of the molecule is C\C=C/C=C(\C(C=O)=C(/C)Cl)N(C)CCC. The van der Waals surface area contributed by atoms with Crippen molar-refractivity contribution in [2.45, 2.75) is 27.2 Å². The van der Waals surface area contributed by atoms with Gasteiger partial charge in [-0.05, 0) is 26.3 Å². The Bertz CT molecular complexity index is 312. The van der Waals surface area contributed by atoms with Crippen LogP contribution in [0.1, 0.15) is 27.2 Å². The Morgan fingerprint density at radius 2 is 2.06 bits per heavy atom. The third kappa shape index (κ3) is 4.67. The Morgan fingerprint density at radius 1 is 1.44 bits per heavy atom. The van der Waals surface area contributed by atoms with Crippen molar-refractivity contribution in [1.82, 2.24) is 4.90 Å². The molecule has 2 nitrogen and oxygen atoms in total. The molecule has 0 saturated heterocycles. The van der Waals surface area contributed by atoms with Gasteiger partial charge in [0.2, 0.25) is 0 Å². The topological polar surface area (TPSA) is 20.3 Å². The van der Waals surface area contributed by atoms with E-state index in [1.165, 1.54) is 0 Å². The van der Waals surface area contributed by atoms with Gasteiger partial charge in [0, 0.05) is 24.3 Å². The number of allylic oxidation sites excluding steroid dienone is 5. The molecule has 0 heterocycles. The molecule has 16 heavy (non-hydrogen) atoms. The molecule has 0 radical (unpaired) electrons. The van der Waals surface area contributed by atoms with Crippen molar-refractivity contribution >= 4 is 17.9 Å². The second-order valence-electron chi connectivity index (χ2n) is 3.56. The number of halogens is 1. The van der Waals surface area contributed by atoms with Gasteiger partial charge in [0.25, 0.3) is 0 Å². The highest BCUT2D eigenvalue weighted by atomic mass is 35.5. The zero-order valence-electron chi connectivity index (χ0n) is 10.5. The van der Waals surface area contributed by atoms with E-state index in [1.807, 2.05) is 37.1 Å². The van der Waals surface area contributed by atoms with Crippen LogP contribution in [-0.2, 0) is 4.79 Å². The number of hydrogen-bond acceptors (Lipinski definition) is 2. The molecule has 0 aliphatic carbocycles. The highest BCUT2D eigenvalue weighted by molar-refractivity contribution is 6.31. The van der Waals surface area contributed by atoms with Crippen molar-refractivity contribution in [2.24, 2.45) is 0 Å². The van der Waals surface area contributed by atoms with Gasteiger partial charge in [-0.2, -0.15) is 0 Å². The van der Waals surface area contributed by atoms with E-state index in [4.69, 9.17) is 11.6 Å². The van der Waals surface area contributed by atoms with Gasteiger partial charge in [-0.25, -0.2) is 0 Å².